The van der Waals surface area contributed by atoms with E-state index in [-0.39, 0.29) is 27.3 Å². The van der Waals surface area contributed by atoms with Crippen molar-refractivity contribution in [3.05, 3.63) is 194 Å². The summed E-state index contributed by atoms with van der Waals surface area (Å²) in [6.07, 6.45) is 0. The van der Waals surface area contributed by atoms with Crippen molar-refractivity contribution >= 4 is 110 Å². The first-order valence-electron chi connectivity index (χ1n) is 22.0. The molecule has 0 amide bonds. The monoisotopic (exact) mass is 841 g/mol. The van der Waals surface area contributed by atoms with E-state index in [2.05, 4.69) is 130 Å². The lowest BCUT2D eigenvalue weighted by Crippen LogP contribution is -2.55. The average molecular weight is 841 g/mol. The van der Waals surface area contributed by atoms with Gasteiger partial charge in [-0.25, -0.2) is 4.98 Å². The number of nitrogens with zero attached hydrogens (tertiary/aromatic N) is 5. The summed E-state index contributed by atoms with van der Waals surface area (Å²) < 4.78 is 4.53. The predicted molar refractivity (Wildman–Crippen MR) is 283 cm³/mol. The molecule has 10 radical (unpaired) electrons. The first-order valence-corrected chi connectivity index (χ1v) is 22.0. The second-order valence-electron chi connectivity index (χ2n) is 16.7. The summed E-state index contributed by atoms with van der Waals surface area (Å²) >= 11 is 0. The van der Waals surface area contributed by atoms with Crippen LogP contribution in [-0.4, -0.2) is 63.3 Å². The summed E-state index contributed by atoms with van der Waals surface area (Å²) in [6, 6.07) is 66.7. The maximum absolute atomic E-state index is 6.75. The Morgan fingerprint density at radius 1 is 0.313 bits per heavy atom. The number of hydrogen-bond acceptors (Lipinski definition) is 3. The molecule has 5 nitrogen and oxygen atoms in total. The Kier molecular flexibility index (Phi) is 9.72. The Hall–Kier alpha value is -8.09. The van der Waals surface area contributed by atoms with E-state index in [1.54, 1.807) is 0 Å². The summed E-state index contributed by atoms with van der Waals surface area (Å²) in [5.41, 5.74) is 13.1. The van der Waals surface area contributed by atoms with Crippen molar-refractivity contribution in [2.24, 2.45) is 0 Å². The zero-order chi connectivity index (χ0) is 45.3. The molecule has 0 N–H and O–H groups in total. The molecule has 0 aliphatic rings. The highest BCUT2D eigenvalue weighted by Crippen LogP contribution is 2.43. The summed E-state index contributed by atoms with van der Waals surface area (Å²) in [7, 11) is 32.7. The minimum Gasteiger partial charge on any atom is -0.307 e. The maximum atomic E-state index is 6.75. The van der Waals surface area contributed by atoms with Gasteiger partial charge in [-0.15, -0.1) is 16.4 Å². The maximum Gasteiger partial charge on any atom is 0.238 e. The van der Waals surface area contributed by atoms with Crippen molar-refractivity contribution in [1.82, 2.24) is 24.1 Å². The van der Waals surface area contributed by atoms with Crippen LogP contribution in [0.2, 0.25) is 0 Å². The summed E-state index contributed by atoms with van der Waals surface area (Å²) in [4.78, 5) is 15.8. The SMILES string of the molecule is [B]c1c([B])c([B])c(-c2ccc(-n3c4ccccc4c4ccc5c6ccccc6n(-c6nc(-c7ccccc7)nc(-c7ccc(-c8ccccc8)cc7)n6)c5c43)cc2-c2ccccc2)c([B])c1[B]. The molecule has 0 unspecified atom stereocenters. The van der Waals surface area contributed by atoms with Crippen LogP contribution in [0, 0.1) is 0 Å². The minimum atomic E-state index is 0.170. The second-order valence-corrected chi connectivity index (χ2v) is 16.7. The average Bonchev–Trinajstić information content (AvgIpc) is 3.91. The Bertz CT molecular complexity index is 3880. The van der Waals surface area contributed by atoms with Crippen LogP contribution in [0.15, 0.2) is 194 Å². The van der Waals surface area contributed by atoms with Crippen LogP contribution in [0.1, 0.15) is 0 Å². The molecule has 3 aromatic heterocycles. The molecule has 3 heterocycles. The van der Waals surface area contributed by atoms with Gasteiger partial charge in [-0.2, -0.15) is 9.97 Å². The van der Waals surface area contributed by atoms with Gasteiger partial charge in [-0.3, -0.25) is 4.57 Å². The Morgan fingerprint density at radius 2 is 0.746 bits per heavy atom. The molecule has 0 saturated carbocycles. The molecule has 0 fully saturated rings. The van der Waals surface area contributed by atoms with Crippen molar-refractivity contribution in [2.75, 3.05) is 0 Å². The third kappa shape index (κ3) is 6.58. The van der Waals surface area contributed by atoms with E-state index in [0.29, 0.717) is 23.2 Å². The van der Waals surface area contributed by atoms with Crippen LogP contribution >= 0.6 is 0 Å². The van der Waals surface area contributed by atoms with E-state index in [4.69, 9.17) is 54.2 Å². The van der Waals surface area contributed by atoms with Crippen LogP contribution in [0.3, 0.4) is 0 Å². The number of para-hydroxylation sites is 2. The van der Waals surface area contributed by atoms with Gasteiger partial charge in [-0.05, 0) is 57.6 Å². The molecule has 9 aromatic carbocycles. The zero-order valence-electron chi connectivity index (χ0n) is 36.1. The Balaban J connectivity index is 1.16. The fourth-order valence-corrected chi connectivity index (χ4v) is 9.61. The summed E-state index contributed by atoms with van der Waals surface area (Å²) in [6.45, 7) is 0. The fourth-order valence-electron chi connectivity index (χ4n) is 9.61. The van der Waals surface area contributed by atoms with Crippen LogP contribution in [0.25, 0.3) is 111 Å². The molecule has 0 aliphatic heterocycles. The predicted octanol–water partition coefficient (Wildman–Crippen LogP) is 8.37. The zero-order valence-corrected chi connectivity index (χ0v) is 36.1. The van der Waals surface area contributed by atoms with E-state index in [0.717, 1.165) is 88.2 Å². The first kappa shape index (κ1) is 40.4. The molecule has 12 rings (SSSR count). The molecule has 0 spiro atoms. The van der Waals surface area contributed by atoms with Gasteiger partial charge >= 0.3 is 0 Å². The van der Waals surface area contributed by atoms with Crippen molar-refractivity contribution in [2.45, 2.75) is 0 Å². The van der Waals surface area contributed by atoms with Gasteiger partial charge in [0.2, 0.25) is 5.95 Å². The van der Waals surface area contributed by atoms with E-state index in [9.17, 15) is 0 Å². The largest absolute Gasteiger partial charge is 0.307 e. The van der Waals surface area contributed by atoms with Crippen LogP contribution < -0.4 is 27.3 Å². The minimum absolute atomic E-state index is 0.170. The van der Waals surface area contributed by atoms with Gasteiger partial charge in [0.15, 0.2) is 11.6 Å². The van der Waals surface area contributed by atoms with Crippen LogP contribution in [0.4, 0.5) is 0 Å². The van der Waals surface area contributed by atoms with Crippen molar-refractivity contribution in [3.63, 3.8) is 0 Å². The molecule has 0 aliphatic carbocycles. The lowest BCUT2D eigenvalue weighted by atomic mass is 9.59. The molecule has 67 heavy (non-hydrogen) atoms. The molecule has 300 valence electrons. The number of fused-ring (bicyclic) bond motifs is 7. The molecular formula is C57H32B5N5. The van der Waals surface area contributed by atoms with Gasteiger partial charge in [0, 0.05) is 38.4 Å². The third-order valence-corrected chi connectivity index (χ3v) is 12.9. The lowest BCUT2D eigenvalue weighted by Gasteiger charge is -2.24. The Morgan fingerprint density at radius 3 is 1.33 bits per heavy atom. The molecule has 12 aromatic rings. The Labute approximate surface area is 394 Å². The lowest BCUT2D eigenvalue weighted by molar-refractivity contribution is 0.953. The van der Waals surface area contributed by atoms with Crippen molar-refractivity contribution < 1.29 is 0 Å². The first-order chi connectivity index (χ1) is 32.8. The second kappa shape index (κ2) is 16.1. The number of rotatable bonds is 7. The van der Waals surface area contributed by atoms with Gasteiger partial charge in [0.1, 0.15) is 39.2 Å². The fraction of sp³-hybridized carbons (Fsp3) is 0. The molecule has 10 heteroatoms. The number of hydrogen-bond donors (Lipinski definition) is 0. The highest BCUT2D eigenvalue weighted by molar-refractivity contribution is 6.68. The van der Waals surface area contributed by atoms with E-state index in [1.165, 1.54) is 0 Å². The highest BCUT2D eigenvalue weighted by Gasteiger charge is 2.25. The van der Waals surface area contributed by atoms with Crippen molar-refractivity contribution in [1.29, 1.82) is 0 Å². The van der Waals surface area contributed by atoms with E-state index >= 15 is 0 Å². The van der Waals surface area contributed by atoms with Gasteiger partial charge in [-0.1, -0.05) is 181 Å². The molecule has 0 saturated heterocycles. The van der Waals surface area contributed by atoms with E-state index in [1.807, 2.05) is 72.8 Å². The number of aromatic nitrogens is 5. The van der Waals surface area contributed by atoms with Gasteiger partial charge < -0.3 is 4.57 Å². The molecule has 0 atom stereocenters. The normalized spacial score (nSPS) is 11.6. The number of benzene rings is 9. The van der Waals surface area contributed by atoms with Crippen LogP contribution in [0.5, 0.6) is 0 Å². The topological polar surface area (TPSA) is 48.5 Å². The van der Waals surface area contributed by atoms with E-state index < -0.39 is 0 Å². The third-order valence-electron chi connectivity index (χ3n) is 12.9. The van der Waals surface area contributed by atoms with Gasteiger partial charge in [0.25, 0.3) is 0 Å². The smallest absolute Gasteiger partial charge is 0.238 e. The summed E-state index contributed by atoms with van der Waals surface area (Å²) in [5.74, 6) is 1.63. The molecule has 0 bridgehead atoms. The quantitative estimate of drug-likeness (QED) is 0.152. The van der Waals surface area contributed by atoms with Gasteiger partial charge in [0.05, 0.1) is 22.1 Å². The standard InChI is InChI=1S/C57H32B5N5/c58-48-47(49(59)51(61)52(62)50(48)60)41-29-28-38(32-44(41)35-16-6-2-7-17-35)66-45-22-12-10-20-39(45)42-30-31-43-40-21-11-13-23-46(40)67(54(43)53(42)66)57-64-55(36-18-8-3-9-19-36)63-56(65-57)37-26-24-34(25-27-37)33-14-4-1-5-15-33/h1-32H. The highest BCUT2D eigenvalue weighted by atomic mass is 15.2. The summed E-state index contributed by atoms with van der Waals surface area (Å²) in [5, 5.41) is 4.28. The van der Waals surface area contributed by atoms with Crippen molar-refractivity contribution in [3.8, 4) is 67.8 Å². The van der Waals surface area contributed by atoms with Crippen LogP contribution in [-0.2, 0) is 0 Å². The molecular weight excluding hydrogens is 809 g/mol.